The monoisotopic (exact) mass is 304 g/mol. The molecule has 1 aromatic carbocycles. The quantitative estimate of drug-likeness (QED) is 0.697. The van der Waals surface area contributed by atoms with Crippen LogP contribution in [0, 0.1) is 6.92 Å². The van der Waals surface area contributed by atoms with Crippen LogP contribution >= 0.6 is 11.8 Å². The van der Waals surface area contributed by atoms with E-state index in [0.717, 1.165) is 17.3 Å². The molecule has 0 aliphatic carbocycles. The zero-order valence-corrected chi connectivity index (χ0v) is 12.4. The molecule has 2 rings (SSSR count). The molecular formula is C13H16N6OS. The van der Waals surface area contributed by atoms with E-state index in [0.29, 0.717) is 11.7 Å². The number of amides is 1. The third kappa shape index (κ3) is 4.92. The molecule has 0 saturated heterocycles. The van der Waals surface area contributed by atoms with Crippen molar-refractivity contribution in [3.05, 3.63) is 35.4 Å². The second-order valence-electron chi connectivity index (χ2n) is 4.39. The van der Waals surface area contributed by atoms with Gasteiger partial charge in [0.1, 0.15) is 0 Å². The summed E-state index contributed by atoms with van der Waals surface area (Å²) in [7, 11) is 0. The smallest absolute Gasteiger partial charge is 0.230 e. The van der Waals surface area contributed by atoms with Gasteiger partial charge in [-0.2, -0.15) is 15.0 Å². The molecule has 0 spiro atoms. The predicted molar refractivity (Wildman–Crippen MR) is 82.4 cm³/mol. The van der Waals surface area contributed by atoms with E-state index in [2.05, 4.69) is 20.3 Å². The van der Waals surface area contributed by atoms with Crippen molar-refractivity contribution < 1.29 is 4.79 Å². The highest BCUT2D eigenvalue weighted by molar-refractivity contribution is 7.99. The van der Waals surface area contributed by atoms with Gasteiger partial charge in [-0.05, 0) is 12.5 Å². The lowest BCUT2D eigenvalue weighted by molar-refractivity contribution is -0.118. The Balaban J connectivity index is 1.80. The average Bonchev–Trinajstić information content (AvgIpc) is 2.43. The van der Waals surface area contributed by atoms with E-state index in [4.69, 9.17) is 11.5 Å². The normalized spacial score (nSPS) is 10.3. The van der Waals surface area contributed by atoms with Gasteiger partial charge >= 0.3 is 0 Å². The van der Waals surface area contributed by atoms with E-state index >= 15 is 0 Å². The summed E-state index contributed by atoms with van der Waals surface area (Å²) in [5, 5.41) is 3.16. The van der Waals surface area contributed by atoms with Crippen LogP contribution in [0.25, 0.3) is 0 Å². The third-order valence-corrected chi connectivity index (χ3v) is 3.44. The molecule has 0 aliphatic rings. The van der Waals surface area contributed by atoms with E-state index in [-0.39, 0.29) is 23.6 Å². The van der Waals surface area contributed by atoms with E-state index < -0.39 is 0 Å². The summed E-state index contributed by atoms with van der Waals surface area (Å²) >= 11 is 1.16. The molecule has 0 atom stereocenters. The minimum absolute atomic E-state index is 0.0464. The molecule has 0 fully saturated rings. The highest BCUT2D eigenvalue weighted by atomic mass is 32.2. The van der Waals surface area contributed by atoms with Crippen molar-refractivity contribution in [2.45, 2.75) is 18.6 Å². The lowest BCUT2D eigenvalue weighted by Crippen LogP contribution is -2.24. The fourth-order valence-corrected chi connectivity index (χ4v) is 2.22. The van der Waals surface area contributed by atoms with Crippen LogP contribution in [0.2, 0.25) is 0 Å². The van der Waals surface area contributed by atoms with E-state index in [1.807, 2.05) is 31.2 Å². The molecule has 1 amide bonds. The Morgan fingerprint density at radius 1 is 1.14 bits per heavy atom. The maximum atomic E-state index is 11.8. The molecule has 5 N–H and O–H groups in total. The van der Waals surface area contributed by atoms with Crippen LogP contribution in [0.1, 0.15) is 11.1 Å². The number of carbonyl (C=O) groups is 1. The van der Waals surface area contributed by atoms with Gasteiger partial charge in [-0.25, -0.2) is 0 Å². The van der Waals surface area contributed by atoms with Crippen molar-refractivity contribution in [1.82, 2.24) is 20.3 Å². The number of hydrogen-bond donors (Lipinski definition) is 3. The molecule has 110 valence electrons. The molecule has 0 aliphatic heterocycles. The number of nitrogens with two attached hydrogens (primary N) is 2. The summed E-state index contributed by atoms with van der Waals surface area (Å²) in [6.45, 7) is 2.51. The summed E-state index contributed by atoms with van der Waals surface area (Å²) in [6.07, 6.45) is 0. The summed E-state index contributed by atoms with van der Waals surface area (Å²) in [6, 6.07) is 7.98. The van der Waals surface area contributed by atoms with Gasteiger partial charge in [-0.3, -0.25) is 4.79 Å². The van der Waals surface area contributed by atoms with Crippen LogP contribution in [-0.4, -0.2) is 26.6 Å². The second-order valence-corrected chi connectivity index (χ2v) is 5.33. The highest BCUT2D eigenvalue weighted by Crippen LogP contribution is 2.13. The lowest BCUT2D eigenvalue weighted by Gasteiger charge is -2.05. The fraction of sp³-hybridized carbons (Fsp3) is 0.231. The van der Waals surface area contributed by atoms with Crippen LogP contribution in [0.15, 0.2) is 29.4 Å². The number of hydrogen-bond acceptors (Lipinski definition) is 7. The number of nitrogens with zero attached hydrogens (tertiary/aromatic N) is 3. The van der Waals surface area contributed by atoms with E-state index in [1.54, 1.807) is 0 Å². The van der Waals surface area contributed by atoms with Crippen molar-refractivity contribution >= 4 is 29.6 Å². The number of nitrogen functional groups attached to an aromatic ring is 2. The minimum Gasteiger partial charge on any atom is -0.368 e. The molecule has 2 aromatic rings. The second kappa shape index (κ2) is 6.89. The molecule has 21 heavy (non-hydrogen) atoms. The Morgan fingerprint density at radius 3 is 2.38 bits per heavy atom. The Hall–Kier alpha value is -2.35. The largest absolute Gasteiger partial charge is 0.368 e. The van der Waals surface area contributed by atoms with Gasteiger partial charge in [-0.15, -0.1) is 0 Å². The van der Waals surface area contributed by atoms with Gasteiger partial charge in [0, 0.05) is 6.54 Å². The number of aryl methyl sites for hydroxylation is 1. The number of nitrogens with one attached hydrogen (secondary N) is 1. The van der Waals surface area contributed by atoms with Gasteiger partial charge in [-0.1, -0.05) is 41.6 Å². The SMILES string of the molecule is Cc1ccc(CNC(=O)CSc2nc(N)nc(N)n2)cc1. The van der Waals surface area contributed by atoms with Crippen LogP contribution in [0.4, 0.5) is 11.9 Å². The number of carbonyl (C=O) groups excluding carboxylic acids is 1. The van der Waals surface area contributed by atoms with Gasteiger partial charge in [0.25, 0.3) is 0 Å². The zero-order chi connectivity index (χ0) is 15.2. The van der Waals surface area contributed by atoms with Crippen LogP contribution in [-0.2, 0) is 11.3 Å². The van der Waals surface area contributed by atoms with Crippen LogP contribution < -0.4 is 16.8 Å². The summed E-state index contributed by atoms with van der Waals surface area (Å²) in [5.74, 6) is 0.169. The molecule has 0 bridgehead atoms. The Kier molecular flexibility index (Phi) is 4.94. The molecule has 0 saturated carbocycles. The third-order valence-electron chi connectivity index (χ3n) is 2.59. The number of benzene rings is 1. The maximum Gasteiger partial charge on any atom is 0.230 e. The van der Waals surface area contributed by atoms with E-state index in [9.17, 15) is 4.79 Å². The summed E-state index contributed by atoms with van der Waals surface area (Å²) in [4.78, 5) is 23.2. The topological polar surface area (TPSA) is 120 Å². The number of thioether (sulfide) groups is 1. The number of anilines is 2. The Labute approximate surface area is 126 Å². The van der Waals surface area contributed by atoms with Gasteiger partial charge < -0.3 is 16.8 Å². The van der Waals surface area contributed by atoms with Crippen LogP contribution in [0.3, 0.4) is 0 Å². The minimum atomic E-state index is -0.113. The highest BCUT2D eigenvalue weighted by Gasteiger charge is 2.07. The average molecular weight is 304 g/mol. The first-order valence-electron chi connectivity index (χ1n) is 6.25. The van der Waals surface area contributed by atoms with Gasteiger partial charge in [0.05, 0.1) is 5.75 Å². The molecule has 1 heterocycles. The van der Waals surface area contributed by atoms with Gasteiger partial charge in [0.15, 0.2) is 5.16 Å². The summed E-state index contributed by atoms with van der Waals surface area (Å²) in [5.41, 5.74) is 13.1. The van der Waals surface area contributed by atoms with Crippen molar-refractivity contribution in [2.75, 3.05) is 17.2 Å². The van der Waals surface area contributed by atoms with E-state index in [1.165, 1.54) is 5.56 Å². The Bertz CT molecular complexity index is 611. The molecule has 1 aromatic heterocycles. The predicted octanol–water partition coefficient (Wildman–Crippen LogP) is 0.753. The van der Waals surface area contributed by atoms with Crippen molar-refractivity contribution in [2.24, 2.45) is 0 Å². The van der Waals surface area contributed by atoms with Gasteiger partial charge in [0.2, 0.25) is 17.8 Å². The molecule has 8 heteroatoms. The standard InChI is InChI=1S/C13H16N6OS/c1-8-2-4-9(5-3-8)6-16-10(20)7-21-13-18-11(14)17-12(15)19-13/h2-5H,6-7H2,1H3,(H,16,20)(H4,14,15,17,18,19). The first-order valence-corrected chi connectivity index (χ1v) is 7.23. The lowest BCUT2D eigenvalue weighted by atomic mass is 10.1. The first-order chi connectivity index (χ1) is 10.0. The molecule has 7 nitrogen and oxygen atoms in total. The van der Waals surface area contributed by atoms with Crippen molar-refractivity contribution in [3.8, 4) is 0 Å². The Morgan fingerprint density at radius 2 is 1.76 bits per heavy atom. The molecule has 0 unspecified atom stereocenters. The zero-order valence-electron chi connectivity index (χ0n) is 11.5. The molecular weight excluding hydrogens is 288 g/mol. The number of rotatable bonds is 5. The first kappa shape index (κ1) is 15.0. The van der Waals surface area contributed by atoms with Crippen molar-refractivity contribution in [1.29, 1.82) is 0 Å². The molecule has 0 radical (unpaired) electrons. The van der Waals surface area contributed by atoms with Crippen LogP contribution in [0.5, 0.6) is 0 Å². The number of aromatic nitrogens is 3. The maximum absolute atomic E-state index is 11.8. The fourth-order valence-electron chi connectivity index (χ4n) is 1.54. The summed E-state index contributed by atoms with van der Waals surface area (Å²) < 4.78 is 0. The van der Waals surface area contributed by atoms with Crippen molar-refractivity contribution in [3.63, 3.8) is 0 Å².